The Labute approximate surface area is 72.1 Å². The Morgan fingerprint density at radius 1 is 0.909 bits per heavy atom. The minimum absolute atomic E-state index is 0.949. The summed E-state index contributed by atoms with van der Waals surface area (Å²) in [7, 11) is 4.55. The van der Waals surface area contributed by atoms with Crippen LogP contribution in [0.3, 0.4) is 0 Å². The van der Waals surface area contributed by atoms with Crippen LogP contribution in [0, 0.1) is 0 Å². The Morgan fingerprint density at radius 2 is 1.18 bits per heavy atom. The molecular formula is C9H15BSi. The number of allylic oxidation sites excluding steroid dienone is 3. The van der Waals surface area contributed by atoms with Crippen molar-refractivity contribution in [2.45, 2.75) is 18.1 Å². The van der Waals surface area contributed by atoms with Crippen molar-refractivity contribution in [2.75, 3.05) is 0 Å². The summed E-state index contributed by atoms with van der Waals surface area (Å²) in [4.78, 5) is 0. The van der Waals surface area contributed by atoms with Crippen LogP contribution in [-0.4, -0.2) is 15.4 Å². The van der Waals surface area contributed by atoms with Gasteiger partial charge in [0.1, 0.15) is 0 Å². The highest BCUT2D eigenvalue weighted by atomic mass is 28.3. The molecule has 0 rings (SSSR count). The molecule has 0 atom stereocenters. The number of hydrogen-bond acceptors (Lipinski definition) is 0. The zero-order chi connectivity index (χ0) is 8.74. The zero-order valence-corrected chi connectivity index (χ0v) is 8.05. The van der Waals surface area contributed by atoms with Gasteiger partial charge in [-0.15, -0.1) is 19.7 Å². The molecule has 0 saturated carbocycles. The Balaban J connectivity index is 4.09. The van der Waals surface area contributed by atoms with Gasteiger partial charge in [-0.3, -0.25) is 0 Å². The molecule has 0 aromatic carbocycles. The van der Waals surface area contributed by atoms with E-state index in [0.29, 0.717) is 0 Å². The van der Waals surface area contributed by atoms with Crippen LogP contribution in [-0.2, 0) is 0 Å². The van der Waals surface area contributed by atoms with Crippen LogP contribution in [0.15, 0.2) is 38.0 Å². The van der Waals surface area contributed by atoms with E-state index in [1.807, 2.05) is 18.2 Å². The Kier molecular flexibility index (Phi) is 4.96. The Hall–Kier alpha value is -0.498. The monoisotopic (exact) mass is 162 g/mol. The van der Waals surface area contributed by atoms with Crippen molar-refractivity contribution in [1.29, 1.82) is 0 Å². The first-order chi connectivity index (χ1) is 5.18. The van der Waals surface area contributed by atoms with E-state index in [0.717, 1.165) is 18.1 Å². The molecule has 58 valence electrons. The van der Waals surface area contributed by atoms with Gasteiger partial charge in [-0.05, 0) is 18.1 Å². The Morgan fingerprint density at radius 3 is 1.36 bits per heavy atom. The summed E-state index contributed by atoms with van der Waals surface area (Å²) in [5, 5.41) is 0. The maximum absolute atomic E-state index is 6.15. The van der Waals surface area contributed by atoms with Crippen LogP contribution < -0.4 is 0 Å². The first-order valence-corrected chi connectivity index (χ1v) is 6.50. The SMILES string of the molecule is [B][Si](CC=C)(CC=C)CC=C. The molecule has 0 aromatic heterocycles. The normalized spacial score (nSPS) is 10.5. The van der Waals surface area contributed by atoms with E-state index < -0.39 is 7.94 Å². The first kappa shape index (κ1) is 10.5. The van der Waals surface area contributed by atoms with Crippen molar-refractivity contribution < 1.29 is 0 Å². The molecule has 0 fully saturated rings. The zero-order valence-electron chi connectivity index (χ0n) is 7.05. The summed E-state index contributed by atoms with van der Waals surface area (Å²) in [5.74, 6) is 0. The van der Waals surface area contributed by atoms with Crippen molar-refractivity contribution in [1.82, 2.24) is 0 Å². The fourth-order valence-electron chi connectivity index (χ4n) is 1.11. The third-order valence-electron chi connectivity index (χ3n) is 1.65. The average molecular weight is 162 g/mol. The quantitative estimate of drug-likeness (QED) is 0.416. The van der Waals surface area contributed by atoms with E-state index in [-0.39, 0.29) is 0 Å². The molecule has 0 bridgehead atoms. The highest BCUT2D eigenvalue weighted by Crippen LogP contribution is 2.18. The van der Waals surface area contributed by atoms with Gasteiger partial charge in [0.05, 0.1) is 7.44 Å². The summed E-state index contributed by atoms with van der Waals surface area (Å²) in [5.41, 5.74) is 0. The maximum atomic E-state index is 6.15. The third kappa shape index (κ3) is 4.04. The van der Waals surface area contributed by atoms with Gasteiger partial charge < -0.3 is 0 Å². The largest absolute Gasteiger partial charge is 0.103 e. The topological polar surface area (TPSA) is 0 Å². The molecular weight excluding hydrogens is 147 g/mol. The van der Waals surface area contributed by atoms with E-state index in [1.54, 1.807) is 0 Å². The van der Waals surface area contributed by atoms with Gasteiger partial charge in [0.25, 0.3) is 0 Å². The first-order valence-electron chi connectivity index (χ1n) is 3.80. The second kappa shape index (κ2) is 5.19. The molecule has 0 aliphatic heterocycles. The van der Waals surface area contributed by atoms with Gasteiger partial charge in [-0.1, -0.05) is 18.2 Å². The molecule has 0 amide bonds. The van der Waals surface area contributed by atoms with E-state index in [2.05, 4.69) is 19.7 Å². The molecule has 0 unspecified atom stereocenters. The Bertz CT molecular complexity index is 125. The average Bonchev–Trinajstić information content (AvgIpc) is 1.88. The van der Waals surface area contributed by atoms with Gasteiger partial charge in [0, 0.05) is 7.94 Å². The summed E-state index contributed by atoms with van der Waals surface area (Å²) in [6, 6.07) is 2.85. The predicted octanol–water partition coefficient (Wildman–Crippen LogP) is 2.66. The standard InChI is InChI=1S/C9H15BSi/c1-4-7-11(10,8-5-2)9-6-3/h4-6H,1-3,7-9H2. The lowest BCUT2D eigenvalue weighted by molar-refractivity contribution is 1.42. The highest BCUT2D eigenvalue weighted by molar-refractivity contribution is 7.17. The lowest BCUT2D eigenvalue weighted by atomic mass is 10.7. The molecule has 0 spiro atoms. The van der Waals surface area contributed by atoms with Crippen LogP contribution in [0.4, 0.5) is 0 Å². The van der Waals surface area contributed by atoms with E-state index in [4.69, 9.17) is 7.44 Å². The second-order valence-corrected chi connectivity index (χ2v) is 6.79. The number of hydrogen-bond donors (Lipinski definition) is 0. The smallest absolute Gasteiger partial charge is 0.0582 e. The van der Waals surface area contributed by atoms with Crippen molar-refractivity contribution in [3.63, 3.8) is 0 Å². The maximum Gasteiger partial charge on any atom is 0.0582 e. The van der Waals surface area contributed by atoms with Gasteiger partial charge in [0.15, 0.2) is 0 Å². The predicted molar refractivity (Wildman–Crippen MR) is 56.5 cm³/mol. The van der Waals surface area contributed by atoms with Crippen LogP contribution >= 0.6 is 0 Å². The second-order valence-electron chi connectivity index (χ2n) is 2.84. The molecule has 0 aliphatic carbocycles. The van der Waals surface area contributed by atoms with Gasteiger partial charge in [0.2, 0.25) is 0 Å². The molecule has 2 radical (unpaired) electrons. The summed E-state index contributed by atoms with van der Waals surface area (Å²) >= 11 is 0. The van der Waals surface area contributed by atoms with Crippen molar-refractivity contribution in [3.8, 4) is 0 Å². The molecule has 0 saturated heterocycles. The minimum atomic E-state index is -1.60. The van der Waals surface area contributed by atoms with Crippen LogP contribution in [0.1, 0.15) is 0 Å². The van der Waals surface area contributed by atoms with Gasteiger partial charge in [-0.2, -0.15) is 0 Å². The molecule has 11 heavy (non-hydrogen) atoms. The van der Waals surface area contributed by atoms with Crippen LogP contribution in [0.5, 0.6) is 0 Å². The molecule has 0 aromatic rings. The lowest BCUT2D eigenvalue weighted by Crippen LogP contribution is -2.32. The van der Waals surface area contributed by atoms with Crippen LogP contribution in [0.2, 0.25) is 18.1 Å². The van der Waals surface area contributed by atoms with Gasteiger partial charge >= 0.3 is 0 Å². The van der Waals surface area contributed by atoms with Crippen molar-refractivity contribution in [2.24, 2.45) is 0 Å². The van der Waals surface area contributed by atoms with E-state index >= 15 is 0 Å². The molecule has 0 aliphatic rings. The van der Waals surface area contributed by atoms with E-state index in [1.165, 1.54) is 0 Å². The van der Waals surface area contributed by atoms with E-state index in [9.17, 15) is 0 Å². The van der Waals surface area contributed by atoms with Crippen LogP contribution in [0.25, 0.3) is 0 Å². The number of rotatable bonds is 6. The summed E-state index contributed by atoms with van der Waals surface area (Å²) < 4.78 is 0. The fraction of sp³-hybridized carbons (Fsp3) is 0.333. The molecule has 0 heterocycles. The highest BCUT2D eigenvalue weighted by Gasteiger charge is 2.20. The minimum Gasteiger partial charge on any atom is -0.103 e. The molecule has 0 nitrogen and oxygen atoms in total. The van der Waals surface area contributed by atoms with Gasteiger partial charge in [-0.25, -0.2) is 0 Å². The summed E-state index contributed by atoms with van der Waals surface area (Å²) in [6.07, 6.45) is 5.71. The lowest BCUT2D eigenvalue weighted by Gasteiger charge is -2.23. The molecule has 0 N–H and O–H groups in total. The van der Waals surface area contributed by atoms with Crippen molar-refractivity contribution >= 4 is 15.4 Å². The van der Waals surface area contributed by atoms with Crippen molar-refractivity contribution in [3.05, 3.63) is 38.0 Å². The summed E-state index contributed by atoms with van der Waals surface area (Å²) in [6.45, 7) is 11.1. The molecule has 2 heteroatoms. The fourth-order valence-corrected chi connectivity index (χ4v) is 3.34. The third-order valence-corrected chi connectivity index (χ3v) is 4.96.